The summed E-state index contributed by atoms with van der Waals surface area (Å²) in [6.07, 6.45) is 0.102. The molecule has 24 heavy (non-hydrogen) atoms. The van der Waals surface area contributed by atoms with Crippen LogP contribution in [0.1, 0.15) is 54.6 Å². The van der Waals surface area contributed by atoms with Gasteiger partial charge in [0.15, 0.2) is 0 Å². The van der Waals surface area contributed by atoms with Crippen LogP contribution in [-0.2, 0) is 32.7 Å². The summed E-state index contributed by atoms with van der Waals surface area (Å²) in [4.78, 5) is 3.88. The number of halogens is 3. The Morgan fingerprint density at radius 1 is 1.21 bits per heavy atom. The standard InChI is InChI=1S/C15H19F3N6/c1-23-12(9-5-6-9)21-22-14(23)19-8-10-11-4-2-3-7-24(11)13(20-10)15(16,17)18/h9H,2-8H2,1H3,(H,19,22). The molecule has 0 unspecified atom stereocenters. The number of rotatable bonds is 4. The Kier molecular flexibility index (Phi) is 3.54. The van der Waals surface area contributed by atoms with Gasteiger partial charge in [0.05, 0.1) is 12.2 Å². The zero-order valence-corrected chi connectivity index (χ0v) is 13.4. The average molecular weight is 340 g/mol. The van der Waals surface area contributed by atoms with Gasteiger partial charge >= 0.3 is 6.18 Å². The molecule has 1 aliphatic heterocycles. The minimum atomic E-state index is -4.42. The van der Waals surface area contributed by atoms with E-state index >= 15 is 0 Å². The second-order valence-electron chi connectivity index (χ2n) is 6.50. The van der Waals surface area contributed by atoms with Gasteiger partial charge in [-0.2, -0.15) is 13.2 Å². The van der Waals surface area contributed by atoms with Crippen molar-refractivity contribution in [3.63, 3.8) is 0 Å². The molecule has 0 saturated heterocycles. The highest BCUT2D eigenvalue weighted by atomic mass is 19.4. The highest BCUT2D eigenvalue weighted by Crippen LogP contribution is 2.39. The fraction of sp³-hybridized carbons (Fsp3) is 0.667. The molecule has 0 aromatic carbocycles. The molecule has 1 aliphatic carbocycles. The van der Waals surface area contributed by atoms with Crippen LogP contribution in [0.2, 0.25) is 0 Å². The normalized spacial score (nSPS) is 17.8. The maximum atomic E-state index is 13.2. The average Bonchev–Trinajstić information content (AvgIpc) is 3.21. The SMILES string of the molecule is Cn1c(NCc2nc(C(F)(F)F)n3c2CCCC3)nnc1C1CC1. The van der Waals surface area contributed by atoms with E-state index in [1.165, 1.54) is 4.57 Å². The van der Waals surface area contributed by atoms with Gasteiger partial charge in [-0.15, -0.1) is 10.2 Å². The van der Waals surface area contributed by atoms with Crippen LogP contribution >= 0.6 is 0 Å². The molecule has 2 aliphatic rings. The number of hydrogen-bond donors (Lipinski definition) is 1. The van der Waals surface area contributed by atoms with Gasteiger partial charge < -0.3 is 14.5 Å². The molecule has 1 saturated carbocycles. The number of imidazole rings is 1. The molecule has 1 fully saturated rings. The fourth-order valence-electron chi connectivity index (χ4n) is 3.33. The summed E-state index contributed by atoms with van der Waals surface area (Å²) in [5.41, 5.74) is 1.14. The summed E-state index contributed by atoms with van der Waals surface area (Å²) in [5, 5.41) is 11.4. The summed E-state index contributed by atoms with van der Waals surface area (Å²) in [6, 6.07) is 0. The monoisotopic (exact) mass is 340 g/mol. The number of anilines is 1. The van der Waals surface area contributed by atoms with Crippen LogP contribution in [0.5, 0.6) is 0 Å². The van der Waals surface area contributed by atoms with Gasteiger partial charge in [-0.3, -0.25) is 0 Å². The molecule has 0 amide bonds. The van der Waals surface area contributed by atoms with Crippen molar-refractivity contribution in [3.8, 4) is 0 Å². The van der Waals surface area contributed by atoms with Gasteiger partial charge in [-0.25, -0.2) is 4.98 Å². The topological polar surface area (TPSA) is 60.6 Å². The van der Waals surface area contributed by atoms with Crippen molar-refractivity contribution < 1.29 is 13.2 Å². The Bertz CT molecular complexity index is 756. The quantitative estimate of drug-likeness (QED) is 0.930. The first-order chi connectivity index (χ1) is 11.4. The number of aromatic nitrogens is 5. The summed E-state index contributed by atoms with van der Waals surface area (Å²) in [6.45, 7) is 0.606. The Morgan fingerprint density at radius 2 is 2.00 bits per heavy atom. The van der Waals surface area contributed by atoms with Crippen molar-refractivity contribution in [3.05, 3.63) is 23.0 Å². The van der Waals surface area contributed by atoms with Crippen molar-refractivity contribution in [2.24, 2.45) is 7.05 Å². The maximum absolute atomic E-state index is 13.2. The van der Waals surface area contributed by atoms with Crippen molar-refractivity contribution in [2.45, 2.75) is 57.3 Å². The summed E-state index contributed by atoms with van der Waals surface area (Å²) in [5.74, 6) is 1.18. The van der Waals surface area contributed by atoms with Crippen LogP contribution in [0.15, 0.2) is 0 Å². The molecule has 3 heterocycles. The molecule has 6 nitrogen and oxygen atoms in total. The first kappa shape index (κ1) is 15.5. The molecule has 130 valence electrons. The van der Waals surface area contributed by atoms with E-state index in [-0.39, 0.29) is 6.54 Å². The van der Waals surface area contributed by atoms with E-state index in [0.29, 0.717) is 36.2 Å². The molecule has 0 radical (unpaired) electrons. The third-order valence-corrected chi connectivity index (χ3v) is 4.72. The van der Waals surface area contributed by atoms with E-state index in [9.17, 15) is 13.2 Å². The van der Waals surface area contributed by atoms with Crippen LogP contribution in [0.25, 0.3) is 0 Å². The molecular formula is C15H19F3N6. The smallest absolute Gasteiger partial charge is 0.349 e. The predicted octanol–water partition coefficient (Wildman–Crippen LogP) is 2.86. The zero-order valence-electron chi connectivity index (χ0n) is 13.4. The van der Waals surface area contributed by atoms with E-state index in [2.05, 4.69) is 20.5 Å². The third-order valence-electron chi connectivity index (χ3n) is 4.72. The lowest BCUT2D eigenvalue weighted by atomic mass is 10.1. The van der Waals surface area contributed by atoms with Crippen molar-refractivity contribution >= 4 is 5.95 Å². The number of nitrogens with zero attached hydrogens (tertiary/aromatic N) is 5. The Hall–Kier alpha value is -2.06. The van der Waals surface area contributed by atoms with Crippen LogP contribution in [0.4, 0.5) is 19.1 Å². The highest BCUT2D eigenvalue weighted by Gasteiger charge is 2.39. The van der Waals surface area contributed by atoms with E-state index in [4.69, 9.17) is 0 Å². The van der Waals surface area contributed by atoms with Crippen LogP contribution < -0.4 is 5.32 Å². The molecule has 2 aromatic rings. The van der Waals surface area contributed by atoms with Gasteiger partial charge in [0.1, 0.15) is 5.82 Å². The largest absolute Gasteiger partial charge is 0.449 e. The molecule has 1 N–H and O–H groups in total. The van der Waals surface area contributed by atoms with Gasteiger partial charge in [0.2, 0.25) is 11.8 Å². The molecule has 2 aromatic heterocycles. The number of alkyl halides is 3. The van der Waals surface area contributed by atoms with E-state index in [1.54, 1.807) is 0 Å². The Balaban J connectivity index is 1.57. The zero-order chi connectivity index (χ0) is 16.9. The Labute approximate surface area is 137 Å². The second-order valence-corrected chi connectivity index (χ2v) is 6.50. The van der Waals surface area contributed by atoms with E-state index in [0.717, 1.165) is 31.5 Å². The summed E-state index contributed by atoms with van der Waals surface area (Å²) < 4.78 is 42.8. The molecule has 9 heteroatoms. The summed E-state index contributed by atoms with van der Waals surface area (Å²) in [7, 11) is 1.87. The lowest BCUT2D eigenvalue weighted by molar-refractivity contribution is -0.147. The van der Waals surface area contributed by atoms with Crippen LogP contribution in [-0.4, -0.2) is 24.3 Å². The molecule has 0 atom stereocenters. The lowest BCUT2D eigenvalue weighted by Gasteiger charge is -2.18. The fourth-order valence-corrected chi connectivity index (χ4v) is 3.33. The minimum absolute atomic E-state index is 0.224. The highest BCUT2D eigenvalue weighted by molar-refractivity contribution is 5.31. The number of hydrogen-bond acceptors (Lipinski definition) is 4. The molecule has 0 spiro atoms. The summed E-state index contributed by atoms with van der Waals surface area (Å²) >= 11 is 0. The predicted molar refractivity (Wildman–Crippen MR) is 80.5 cm³/mol. The van der Waals surface area contributed by atoms with Gasteiger partial charge in [-0.1, -0.05) is 0 Å². The third kappa shape index (κ3) is 2.65. The lowest BCUT2D eigenvalue weighted by Crippen LogP contribution is -2.19. The minimum Gasteiger partial charge on any atom is -0.349 e. The number of fused-ring (bicyclic) bond motifs is 1. The van der Waals surface area contributed by atoms with Crippen molar-refractivity contribution in [1.82, 2.24) is 24.3 Å². The van der Waals surface area contributed by atoms with Gasteiger partial charge in [0.25, 0.3) is 0 Å². The molecule has 0 bridgehead atoms. The first-order valence-corrected chi connectivity index (χ1v) is 8.24. The Morgan fingerprint density at radius 3 is 2.71 bits per heavy atom. The van der Waals surface area contributed by atoms with Crippen LogP contribution in [0, 0.1) is 0 Å². The number of nitrogens with one attached hydrogen (secondary N) is 1. The molecule has 4 rings (SSSR count). The van der Waals surface area contributed by atoms with Gasteiger partial charge in [-0.05, 0) is 32.1 Å². The van der Waals surface area contributed by atoms with E-state index < -0.39 is 12.0 Å². The second kappa shape index (κ2) is 5.49. The van der Waals surface area contributed by atoms with Crippen molar-refractivity contribution in [2.75, 3.05) is 5.32 Å². The van der Waals surface area contributed by atoms with Crippen molar-refractivity contribution in [1.29, 1.82) is 0 Å². The maximum Gasteiger partial charge on any atom is 0.449 e. The first-order valence-electron chi connectivity index (χ1n) is 8.24. The van der Waals surface area contributed by atoms with Gasteiger partial charge in [0, 0.05) is 25.2 Å². The van der Waals surface area contributed by atoms with E-state index in [1.807, 2.05) is 11.6 Å². The van der Waals surface area contributed by atoms with Crippen LogP contribution in [0.3, 0.4) is 0 Å². The molecular weight excluding hydrogens is 321 g/mol.